The highest BCUT2D eigenvalue weighted by Gasteiger charge is 2.15. The number of esters is 1. The van der Waals surface area contributed by atoms with Gasteiger partial charge in [-0.15, -0.1) is 0 Å². The van der Waals surface area contributed by atoms with Gasteiger partial charge in [0.05, 0.1) is 22.4 Å². The number of nitrogen functional groups attached to an aromatic ring is 1. The molecule has 0 saturated carbocycles. The van der Waals surface area contributed by atoms with E-state index < -0.39 is 5.97 Å². The van der Waals surface area contributed by atoms with E-state index in [2.05, 4.69) is 6.92 Å². The highest BCUT2D eigenvalue weighted by Crippen LogP contribution is 2.23. The standard InChI is InChI=1S/C15H22ClNO2/c1-3-4-5-6-8-11(2)19-15(18)12-9-7-10-13(16)14(12)17/h7,9-11H,3-6,8,17H2,1-2H3. The zero-order valence-electron chi connectivity index (χ0n) is 11.6. The largest absolute Gasteiger partial charge is 0.459 e. The number of halogens is 1. The molecule has 4 heteroatoms. The molecule has 3 nitrogen and oxygen atoms in total. The molecule has 19 heavy (non-hydrogen) atoms. The summed E-state index contributed by atoms with van der Waals surface area (Å²) in [5.74, 6) is -0.400. The van der Waals surface area contributed by atoms with Crippen molar-refractivity contribution >= 4 is 23.3 Å². The minimum Gasteiger partial charge on any atom is -0.459 e. The first kappa shape index (κ1) is 15.8. The SMILES string of the molecule is CCCCCCC(C)OC(=O)c1cccc(Cl)c1N. The highest BCUT2D eigenvalue weighted by atomic mass is 35.5. The van der Waals surface area contributed by atoms with Crippen LogP contribution in [0.4, 0.5) is 5.69 Å². The number of para-hydroxylation sites is 1. The summed E-state index contributed by atoms with van der Waals surface area (Å²) in [6, 6.07) is 4.98. The van der Waals surface area contributed by atoms with Crippen LogP contribution in [0.1, 0.15) is 56.3 Å². The first-order chi connectivity index (χ1) is 9.06. The Kier molecular flexibility index (Phi) is 6.71. The Morgan fingerprint density at radius 2 is 2.11 bits per heavy atom. The van der Waals surface area contributed by atoms with Crippen LogP contribution in [0.25, 0.3) is 0 Å². The van der Waals surface area contributed by atoms with Crippen molar-refractivity contribution < 1.29 is 9.53 Å². The van der Waals surface area contributed by atoms with Gasteiger partial charge < -0.3 is 10.5 Å². The van der Waals surface area contributed by atoms with Gasteiger partial charge in [-0.25, -0.2) is 4.79 Å². The fourth-order valence-corrected chi connectivity index (χ4v) is 2.05. The lowest BCUT2D eigenvalue weighted by molar-refractivity contribution is 0.0320. The number of anilines is 1. The van der Waals surface area contributed by atoms with Crippen LogP contribution in [0.2, 0.25) is 5.02 Å². The fourth-order valence-electron chi connectivity index (χ4n) is 1.88. The molecule has 1 aromatic rings. The van der Waals surface area contributed by atoms with E-state index in [9.17, 15) is 4.79 Å². The molecule has 1 aromatic carbocycles. The van der Waals surface area contributed by atoms with Gasteiger partial charge in [-0.2, -0.15) is 0 Å². The predicted octanol–water partition coefficient (Wildman–Crippen LogP) is 4.44. The quantitative estimate of drug-likeness (QED) is 0.457. The molecule has 0 aliphatic carbocycles. The van der Waals surface area contributed by atoms with Crippen LogP contribution in [0.15, 0.2) is 18.2 Å². The zero-order valence-corrected chi connectivity index (χ0v) is 12.4. The molecule has 0 aliphatic heterocycles. The van der Waals surface area contributed by atoms with E-state index in [4.69, 9.17) is 22.1 Å². The number of carbonyl (C=O) groups excluding carboxylic acids is 1. The van der Waals surface area contributed by atoms with E-state index >= 15 is 0 Å². The third-order valence-corrected chi connectivity index (χ3v) is 3.37. The summed E-state index contributed by atoms with van der Waals surface area (Å²) in [4.78, 5) is 12.0. The molecule has 0 bridgehead atoms. The summed E-state index contributed by atoms with van der Waals surface area (Å²) in [6.07, 6.45) is 5.47. The molecule has 0 radical (unpaired) electrons. The summed E-state index contributed by atoms with van der Waals surface area (Å²) in [5.41, 5.74) is 6.39. The Morgan fingerprint density at radius 1 is 1.37 bits per heavy atom. The van der Waals surface area contributed by atoms with E-state index in [0.717, 1.165) is 12.8 Å². The lowest BCUT2D eigenvalue weighted by Gasteiger charge is -2.14. The van der Waals surface area contributed by atoms with Gasteiger partial charge >= 0.3 is 5.97 Å². The Morgan fingerprint density at radius 3 is 2.79 bits per heavy atom. The molecule has 1 unspecified atom stereocenters. The molecule has 0 aromatic heterocycles. The number of hydrogen-bond acceptors (Lipinski definition) is 3. The zero-order chi connectivity index (χ0) is 14.3. The van der Waals surface area contributed by atoms with E-state index in [-0.39, 0.29) is 11.8 Å². The van der Waals surface area contributed by atoms with Gasteiger partial charge in [0.15, 0.2) is 0 Å². The van der Waals surface area contributed by atoms with Crippen molar-refractivity contribution in [1.82, 2.24) is 0 Å². The van der Waals surface area contributed by atoms with Gasteiger partial charge in [-0.3, -0.25) is 0 Å². The number of nitrogens with two attached hydrogens (primary N) is 1. The molecule has 2 N–H and O–H groups in total. The van der Waals surface area contributed by atoms with Crippen LogP contribution in [-0.2, 0) is 4.74 Å². The average molecular weight is 284 g/mol. The smallest absolute Gasteiger partial charge is 0.340 e. The molecular formula is C15H22ClNO2. The van der Waals surface area contributed by atoms with Gasteiger partial charge in [0, 0.05) is 0 Å². The lowest BCUT2D eigenvalue weighted by Crippen LogP contribution is -2.16. The molecule has 0 heterocycles. The maximum atomic E-state index is 12.0. The lowest BCUT2D eigenvalue weighted by atomic mass is 10.1. The van der Waals surface area contributed by atoms with E-state index in [1.165, 1.54) is 19.3 Å². The Balaban J connectivity index is 2.48. The number of carbonyl (C=O) groups is 1. The normalized spacial score (nSPS) is 12.2. The molecule has 0 saturated heterocycles. The maximum absolute atomic E-state index is 12.0. The van der Waals surface area contributed by atoms with Gasteiger partial charge in [-0.05, 0) is 31.9 Å². The van der Waals surface area contributed by atoms with Crippen molar-refractivity contribution in [1.29, 1.82) is 0 Å². The van der Waals surface area contributed by atoms with Crippen LogP contribution in [0.3, 0.4) is 0 Å². The van der Waals surface area contributed by atoms with Crippen molar-refractivity contribution in [3.05, 3.63) is 28.8 Å². The minimum absolute atomic E-state index is 0.0947. The number of ether oxygens (including phenoxy) is 1. The number of rotatable bonds is 7. The van der Waals surface area contributed by atoms with Crippen molar-refractivity contribution in [2.24, 2.45) is 0 Å². The summed E-state index contributed by atoms with van der Waals surface area (Å²) in [6.45, 7) is 4.08. The highest BCUT2D eigenvalue weighted by molar-refractivity contribution is 6.33. The van der Waals surface area contributed by atoms with Gasteiger partial charge in [0.1, 0.15) is 0 Å². The maximum Gasteiger partial charge on any atom is 0.340 e. The van der Waals surface area contributed by atoms with Crippen LogP contribution in [-0.4, -0.2) is 12.1 Å². The van der Waals surface area contributed by atoms with E-state index in [1.54, 1.807) is 18.2 Å². The molecule has 1 atom stereocenters. The second kappa shape index (κ2) is 8.05. The molecule has 106 valence electrons. The minimum atomic E-state index is -0.400. The van der Waals surface area contributed by atoms with Gasteiger partial charge in [0.2, 0.25) is 0 Å². The first-order valence-electron chi connectivity index (χ1n) is 6.81. The van der Waals surface area contributed by atoms with Crippen molar-refractivity contribution in [2.45, 2.75) is 52.1 Å². The van der Waals surface area contributed by atoms with Gasteiger partial charge in [0.25, 0.3) is 0 Å². The second-order valence-electron chi connectivity index (χ2n) is 4.77. The topological polar surface area (TPSA) is 52.3 Å². The molecular weight excluding hydrogens is 262 g/mol. The molecule has 1 rings (SSSR count). The molecule has 0 aliphatic rings. The molecule has 0 amide bonds. The average Bonchev–Trinajstić information content (AvgIpc) is 2.38. The Hall–Kier alpha value is -1.22. The van der Waals surface area contributed by atoms with Crippen molar-refractivity contribution in [3.8, 4) is 0 Å². The van der Waals surface area contributed by atoms with Gasteiger partial charge in [-0.1, -0.05) is 43.9 Å². The van der Waals surface area contributed by atoms with Crippen LogP contribution >= 0.6 is 11.6 Å². The third kappa shape index (κ3) is 5.11. The first-order valence-corrected chi connectivity index (χ1v) is 7.19. The van der Waals surface area contributed by atoms with Crippen molar-refractivity contribution in [2.75, 3.05) is 5.73 Å². The van der Waals surface area contributed by atoms with Crippen molar-refractivity contribution in [3.63, 3.8) is 0 Å². The van der Waals surface area contributed by atoms with Crippen LogP contribution in [0, 0.1) is 0 Å². The van der Waals surface area contributed by atoms with E-state index in [1.807, 2.05) is 6.92 Å². The Bertz CT molecular complexity index is 421. The Labute approximate surface area is 120 Å². The van der Waals surface area contributed by atoms with Crippen LogP contribution in [0.5, 0.6) is 0 Å². The molecule has 0 fully saturated rings. The third-order valence-electron chi connectivity index (χ3n) is 3.05. The molecule has 0 spiro atoms. The second-order valence-corrected chi connectivity index (χ2v) is 5.17. The number of hydrogen-bond donors (Lipinski definition) is 1. The summed E-state index contributed by atoms with van der Waals surface area (Å²) in [5, 5.41) is 0.380. The number of unbranched alkanes of at least 4 members (excludes halogenated alkanes) is 3. The number of benzene rings is 1. The summed E-state index contributed by atoms with van der Waals surface area (Å²) >= 11 is 5.88. The van der Waals surface area contributed by atoms with E-state index in [0.29, 0.717) is 10.6 Å². The summed E-state index contributed by atoms with van der Waals surface area (Å²) < 4.78 is 5.37. The fraction of sp³-hybridized carbons (Fsp3) is 0.533. The van der Waals surface area contributed by atoms with Crippen LogP contribution < -0.4 is 5.73 Å². The summed E-state index contributed by atoms with van der Waals surface area (Å²) in [7, 11) is 0. The monoisotopic (exact) mass is 283 g/mol. The predicted molar refractivity (Wildman–Crippen MR) is 79.5 cm³/mol.